The van der Waals surface area contributed by atoms with Crippen molar-refractivity contribution in [2.24, 2.45) is 5.92 Å². The number of rotatable bonds is 5. The van der Waals surface area contributed by atoms with Gasteiger partial charge in [-0.15, -0.1) is 11.8 Å². The fourth-order valence-corrected chi connectivity index (χ4v) is 5.84. The van der Waals surface area contributed by atoms with Crippen LogP contribution in [0.25, 0.3) is 0 Å². The molecule has 8 heteroatoms. The molecule has 0 bridgehead atoms. The number of nitrogens with one attached hydrogen (secondary N) is 2. The van der Waals surface area contributed by atoms with E-state index < -0.39 is 0 Å². The Morgan fingerprint density at radius 1 is 1.25 bits per heavy atom. The van der Waals surface area contributed by atoms with Gasteiger partial charge in [0.2, 0.25) is 11.8 Å². The number of thioether (sulfide) groups is 1. The highest BCUT2D eigenvalue weighted by atomic mass is 35.5. The van der Waals surface area contributed by atoms with E-state index >= 15 is 0 Å². The van der Waals surface area contributed by atoms with Crippen molar-refractivity contribution >= 4 is 46.8 Å². The summed E-state index contributed by atoms with van der Waals surface area (Å²) in [7, 11) is 0. The summed E-state index contributed by atoms with van der Waals surface area (Å²) in [5, 5.41) is 7.80. The molecule has 1 atom stereocenters. The number of hydrogen-bond acceptors (Lipinski definition) is 4. The average molecular weight is 442 g/mol. The third-order valence-electron chi connectivity index (χ3n) is 5.80. The van der Waals surface area contributed by atoms with Crippen LogP contribution in [0.3, 0.4) is 0 Å². The molecule has 1 aromatic carbocycles. The zero-order chi connectivity index (χ0) is 19.7. The molecule has 1 spiro atoms. The second kappa shape index (κ2) is 8.42. The first-order valence-electron chi connectivity index (χ1n) is 9.88. The number of amides is 2. The minimum absolute atomic E-state index is 0.0333. The SMILES string of the molecule is O=C(NCCc1ccc(Cl)cc1Cl)C1CSC2(CCN(C(=O)C3CC3)CC2)N1. The maximum Gasteiger partial charge on any atom is 0.238 e. The number of carbonyl (C=O) groups excluding carboxylic acids is 2. The maximum atomic E-state index is 12.6. The van der Waals surface area contributed by atoms with E-state index in [1.54, 1.807) is 6.07 Å². The highest BCUT2D eigenvalue weighted by molar-refractivity contribution is 8.01. The Bertz CT molecular complexity index is 764. The lowest BCUT2D eigenvalue weighted by Gasteiger charge is -2.39. The Balaban J connectivity index is 1.22. The number of hydrogen-bond donors (Lipinski definition) is 2. The van der Waals surface area contributed by atoms with Crippen LogP contribution in [0.15, 0.2) is 18.2 Å². The van der Waals surface area contributed by atoms with Crippen molar-refractivity contribution in [2.45, 2.75) is 43.0 Å². The van der Waals surface area contributed by atoms with E-state index in [4.69, 9.17) is 23.2 Å². The molecule has 2 amide bonds. The van der Waals surface area contributed by atoms with Crippen LogP contribution in [-0.4, -0.2) is 53.0 Å². The second-order valence-corrected chi connectivity index (χ2v) is 10.1. The van der Waals surface area contributed by atoms with Gasteiger partial charge in [-0.25, -0.2) is 0 Å². The van der Waals surface area contributed by atoms with Gasteiger partial charge in [-0.05, 0) is 49.8 Å². The molecule has 2 heterocycles. The van der Waals surface area contributed by atoms with E-state index in [2.05, 4.69) is 10.6 Å². The summed E-state index contributed by atoms with van der Waals surface area (Å²) in [6.07, 6.45) is 4.58. The summed E-state index contributed by atoms with van der Waals surface area (Å²) >= 11 is 13.9. The maximum absolute atomic E-state index is 12.6. The summed E-state index contributed by atoms with van der Waals surface area (Å²) in [4.78, 5) is 26.7. The molecule has 152 valence electrons. The smallest absolute Gasteiger partial charge is 0.238 e. The average Bonchev–Trinajstić information content (AvgIpc) is 3.45. The molecule has 3 fully saturated rings. The Morgan fingerprint density at radius 2 is 2.00 bits per heavy atom. The van der Waals surface area contributed by atoms with Gasteiger partial charge in [0.05, 0.1) is 10.9 Å². The normalized spacial score (nSPS) is 23.8. The van der Waals surface area contributed by atoms with Crippen molar-refractivity contribution in [3.8, 4) is 0 Å². The van der Waals surface area contributed by atoms with Crippen molar-refractivity contribution in [3.05, 3.63) is 33.8 Å². The van der Waals surface area contributed by atoms with Gasteiger partial charge in [0.15, 0.2) is 0 Å². The molecule has 0 radical (unpaired) electrons. The largest absolute Gasteiger partial charge is 0.354 e. The van der Waals surface area contributed by atoms with Crippen molar-refractivity contribution in [1.29, 1.82) is 0 Å². The minimum Gasteiger partial charge on any atom is -0.354 e. The molecule has 1 aromatic rings. The zero-order valence-electron chi connectivity index (χ0n) is 15.7. The van der Waals surface area contributed by atoms with Crippen LogP contribution in [0.4, 0.5) is 0 Å². The van der Waals surface area contributed by atoms with E-state index in [0.29, 0.717) is 28.9 Å². The molecule has 28 heavy (non-hydrogen) atoms. The second-order valence-electron chi connectivity index (χ2n) is 7.88. The number of carbonyl (C=O) groups is 2. The van der Waals surface area contributed by atoms with Gasteiger partial charge in [-0.3, -0.25) is 14.9 Å². The quantitative estimate of drug-likeness (QED) is 0.736. The van der Waals surface area contributed by atoms with Gasteiger partial charge in [0.25, 0.3) is 0 Å². The number of nitrogens with zero attached hydrogens (tertiary/aromatic N) is 1. The molecule has 2 saturated heterocycles. The molecule has 1 aliphatic carbocycles. The molecule has 2 aliphatic heterocycles. The molecular weight excluding hydrogens is 417 g/mol. The van der Waals surface area contributed by atoms with Crippen molar-refractivity contribution in [2.75, 3.05) is 25.4 Å². The summed E-state index contributed by atoms with van der Waals surface area (Å²) < 4.78 is 0. The molecule has 0 aromatic heterocycles. The lowest BCUT2D eigenvalue weighted by molar-refractivity contribution is -0.134. The third-order valence-corrected chi connectivity index (χ3v) is 7.96. The summed E-state index contributed by atoms with van der Waals surface area (Å²) in [6.45, 7) is 2.12. The molecule has 2 N–H and O–H groups in total. The van der Waals surface area contributed by atoms with Crippen LogP contribution in [0.5, 0.6) is 0 Å². The molecular formula is C20H25Cl2N3O2S. The molecule has 3 aliphatic rings. The first-order valence-corrected chi connectivity index (χ1v) is 11.6. The van der Waals surface area contributed by atoms with E-state index in [1.807, 2.05) is 28.8 Å². The predicted molar refractivity (Wildman–Crippen MR) is 114 cm³/mol. The summed E-state index contributed by atoms with van der Waals surface area (Å²) in [6, 6.07) is 5.24. The number of piperidine rings is 1. The van der Waals surface area contributed by atoms with Crippen molar-refractivity contribution < 1.29 is 9.59 Å². The monoisotopic (exact) mass is 441 g/mol. The Kier molecular flexibility index (Phi) is 6.12. The highest BCUT2D eigenvalue weighted by Gasteiger charge is 2.45. The zero-order valence-corrected chi connectivity index (χ0v) is 18.0. The summed E-state index contributed by atoms with van der Waals surface area (Å²) in [5.41, 5.74) is 0.976. The Hall–Kier alpha value is -0.950. The lowest BCUT2D eigenvalue weighted by Crippen LogP contribution is -2.54. The fraction of sp³-hybridized carbons (Fsp3) is 0.600. The van der Waals surface area contributed by atoms with Crippen LogP contribution in [0, 0.1) is 5.92 Å². The van der Waals surface area contributed by atoms with Crippen LogP contribution in [0.2, 0.25) is 10.0 Å². The Labute approximate surface area is 179 Å². The number of likely N-dealkylation sites (tertiary alicyclic amines) is 1. The van der Waals surface area contributed by atoms with E-state index in [0.717, 1.165) is 50.1 Å². The van der Waals surface area contributed by atoms with Crippen LogP contribution < -0.4 is 10.6 Å². The molecule has 4 rings (SSSR count). The predicted octanol–water partition coefficient (Wildman–Crippen LogP) is 3.09. The molecule has 5 nitrogen and oxygen atoms in total. The van der Waals surface area contributed by atoms with Gasteiger partial charge < -0.3 is 10.2 Å². The first kappa shape index (κ1) is 20.3. The van der Waals surface area contributed by atoms with Crippen LogP contribution >= 0.6 is 35.0 Å². The number of halogens is 2. The van der Waals surface area contributed by atoms with Crippen LogP contribution in [0.1, 0.15) is 31.2 Å². The van der Waals surface area contributed by atoms with Crippen molar-refractivity contribution in [1.82, 2.24) is 15.5 Å². The summed E-state index contributed by atoms with van der Waals surface area (Å²) in [5.74, 6) is 1.41. The van der Waals surface area contributed by atoms with Gasteiger partial charge >= 0.3 is 0 Å². The Morgan fingerprint density at radius 3 is 2.68 bits per heavy atom. The van der Waals surface area contributed by atoms with Gasteiger partial charge in [-0.1, -0.05) is 29.3 Å². The fourth-order valence-electron chi connectivity index (χ4n) is 3.92. The topological polar surface area (TPSA) is 61.4 Å². The first-order chi connectivity index (χ1) is 13.5. The number of benzene rings is 1. The minimum atomic E-state index is -0.184. The molecule has 1 unspecified atom stereocenters. The third kappa shape index (κ3) is 4.61. The van der Waals surface area contributed by atoms with E-state index in [1.165, 1.54) is 0 Å². The lowest BCUT2D eigenvalue weighted by atomic mass is 10.0. The van der Waals surface area contributed by atoms with Gasteiger partial charge in [0, 0.05) is 41.4 Å². The van der Waals surface area contributed by atoms with Gasteiger partial charge in [0.1, 0.15) is 0 Å². The highest BCUT2D eigenvalue weighted by Crippen LogP contribution is 2.40. The van der Waals surface area contributed by atoms with Gasteiger partial charge in [-0.2, -0.15) is 0 Å². The molecule has 1 saturated carbocycles. The standard InChI is InChI=1S/C20H25Cl2N3O2S/c21-15-4-3-13(16(22)11-15)5-8-23-18(26)17-12-28-20(24-17)6-9-25(10-7-20)19(27)14-1-2-14/h3-4,11,14,17,24H,1-2,5-10,12H2,(H,23,26). The van der Waals surface area contributed by atoms with Crippen molar-refractivity contribution in [3.63, 3.8) is 0 Å². The van der Waals surface area contributed by atoms with E-state index in [-0.39, 0.29) is 22.7 Å². The van der Waals surface area contributed by atoms with E-state index in [9.17, 15) is 9.59 Å². The van der Waals surface area contributed by atoms with Crippen LogP contribution in [-0.2, 0) is 16.0 Å².